The summed E-state index contributed by atoms with van der Waals surface area (Å²) in [7, 11) is 0. The van der Waals surface area contributed by atoms with Gasteiger partial charge in [0.15, 0.2) is 0 Å². The predicted octanol–water partition coefficient (Wildman–Crippen LogP) is 2.15. The molecule has 84 valence electrons. The van der Waals surface area contributed by atoms with E-state index in [1.165, 1.54) is 0 Å². The van der Waals surface area contributed by atoms with E-state index in [-0.39, 0.29) is 11.8 Å². The van der Waals surface area contributed by atoms with Crippen molar-refractivity contribution in [3.63, 3.8) is 0 Å². The molecule has 0 saturated heterocycles. The van der Waals surface area contributed by atoms with Gasteiger partial charge in [0.25, 0.3) is 11.8 Å². The fraction of sp³-hybridized carbons (Fsp3) is 0.0769. The average Bonchev–Trinajstić information content (AvgIpc) is 2.35. The largest absolute Gasteiger partial charge is 0.288 e. The van der Waals surface area contributed by atoms with Gasteiger partial charge in [-0.2, -0.15) is 12.6 Å². The summed E-state index contributed by atoms with van der Waals surface area (Å²) in [5.74, 6) is -0.186. The van der Waals surface area contributed by atoms with Crippen LogP contribution in [0.15, 0.2) is 30.3 Å². The molecule has 0 bridgehead atoms. The molecule has 1 N–H and O–H groups in total. The highest BCUT2D eigenvalue weighted by molar-refractivity contribution is 7.79. The molecule has 4 heteroatoms. The van der Waals surface area contributed by atoms with Crippen LogP contribution < -0.4 is 5.32 Å². The van der Waals surface area contributed by atoms with Gasteiger partial charge in [0.2, 0.25) is 0 Å². The van der Waals surface area contributed by atoms with Gasteiger partial charge in [0.05, 0.1) is 5.56 Å². The molecule has 0 spiro atoms. The molecule has 3 nitrogen and oxygen atoms in total. The van der Waals surface area contributed by atoms with E-state index in [0.29, 0.717) is 16.9 Å². The van der Waals surface area contributed by atoms with Crippen LogP contribution in [0.25, 0.3) is 10.8 Å². The molecule has 3 rings (SSSR count). The van der Waals surface area contributed by atoms with Gasteiger partial charge in [-0.15, -0.1) is 0 Å². The highest BCUT2D eigenvalue weighted by Crippen LogP contribution is 2.29. The Labute approximate surface area is 103 Å². The highest BCUT2D eigenvalue weighted by atomic mass is 32.1. The van der Waals surface area contributed by atoms with Crippen LogP contribution in [0.1, 0.15) is 26.3 Å². The van der Waals surface area contributed by atoms with E-state index in [2.05, 4.69) is 17.9 Å². The molecule has 1 aliphatic rings. The smallest absolute Gasteiger partial charge is 0.259 e. The maximum absolute atomic E-state index is 11.9. The lowest BCUT2D eigenvalue weighted by Gasteiger charge is -2.18. The van der Waals surface area contributed by atoms with E-state index >= 15 is 0 Å². The quantitative estimate of drug-likeness (QED) is 0.595. The van der Waals surface area contributed by atoms with Crippen molar-refractivity contribution in [1.82, 2.24) is 5.32 Å². The van der Waals surface area contributed by atoms with Crippen molar-refractivity contribution in [2.75, 3.05) is 0 Å². The fourth-order valence-corrected chi connectivity index (χ4v) is 2.50. The third kappa shape index (κ3) is 1.37. The molecule has 0 atom stereocenters. The van der Waals surface area contributed by atoms with Gasteiger partial charge in [-0.3, -0.25) is 14.9 Å². The summed E-state index contributed by atoms with van der Waals surface area (Å²) in [5, 5.41) is 4.01. The Morgan fingerprint density at radius 1 is 1.06 bits per heavy atom. The molecule has 0 radical (unpaired) electrons. The zero-order valence-corrected chi connectivity index (χ0v) is 9.75. The molecular weight excluding hydrogens is 234 g/mol. The van der Waals surface area contributed by atoms with E-state index in [1.807, 2.05) is 24.3 Å². The predicted molar refractivity (Wildman–Crippen MR) is 68.4 cm³/mol. The Balaban J connectivity index is 2.53. The fourth-order valence-electron chi connectivity index (χ4n) is 2.24. The maximum Gasteiger partial charge on any atom is 0.259 e. The van der Waals surface area contributed by atoms with E-state index in [1.54, 1.807) is 6.07 Å². The molecule has 2 aromatic carbocycles. The first-order valence-corrected chi connectivity index (χ1v) is 5.87. The molecule has 0 saturated carbocycles. The molecule has 0 aliphatic carbocycles. The lowest BCUT2D eigenvalue weighted by molar-refractivity contribution is 0.0844. The van der Waals surface area contributed by atoms with Gasteiger partial charge in [0.1, 0.15) is 0 Å². The Bertz CT molecular complexity index is 664. The topological polar surface area (TPSA) is 46.2 Å². The molecule has 17 heavy (non-hydrogen) atoms. The van der Waals surface area contributed by atoms with E-state index in [9.17, 15) is 9.59 Å². The van der Waals surface area contributed by atoms with Crippen LogP contribution in [0.4, 0.5) is 0 Å². The van der Waals surface area contributed by atoms with Crippen LogP contribution in [0.2, 0.25) is 0 Å². The number of nitrogens with one attached hydrogen (secondary N) is 1. The number of amides is 2. The van der Waals surface area contributed by atoms with Crippen LogP contribution in [0.3, 0.4) is 0 Å². The van der Waals surface area contributed by atoms with Gasteiger partial charge in [-0.1, -0.05) is 24.3 Å². The van der Waals surface area contributed by atoms with E-state index in [0.717, 1.165) is 16.3 Å². The summed E-state index contributed by atoms with van der Waals surface area (Å²) in [6, 6.07) is 9.24. The Kier molecular flexibility index (Phi) is 2.19. The van der Waals surface area contributed by atoms with Crippen LogP contribution in [-0.4, -0.2) is 11.8 Å². The van der Waals surface area contributed by atoms with E-state index < -0.39 is 0 Å². The Morgan fingerprint density at radius 3 is 2.65 bits per heavy atom. The average molecular weight is 243 g/mol. The zero-order valence-electron chi connectivity index (χ0n) is 8.86. The standard InChI is InChI=1S/C13H9NO2S/c15-12-9-3-1-2-7-4-5-8(6-17)11(10(7)9)13(16)14-12/h1-5,17H,6H2,(H,14,15,16). The summed E-state index contributed by atoms with van der Waals surface area (Å²) < 4.78 is 0. The van der Waals surface area contributed by atoms with Crippen LogP contribution in [-0.2, 0) is 5.75 Å². The van der Waals surface area contributed by atoms with Crippen LogP contribution in [0.5, 0.6) is 0 Å². The third-order valence-electron chi connectivity index (χ3n) is 3.00. The number of carbonyl (C=O) groups excluding carboxylic acids is 2. The number of hydrogen-bond acceptors (Lipinski definition) is 3. The second-order valence-corrected chi connectivity index (χ2v) is 4.26. The van der Waals surface area contributed by atoms with Crippen molar-refractivity contribution in [1.29, 1.82) is 0 Å². The van der Waals surface area contributed by atoms with Gasteiger partial charge >= 0.3 is 0 Å². The molecule has 2 amide bonds. The number of imide groups is 1. The second kappa shape index (κ2) is 3.60. The SMILES string of the molecule is O=C1NC(=O)c2c(CS)ccc3cccc1c23. The molecule has 0 fully saturated rings. The minimum absolute atomic E-state index is 0.329. The number of hydrogen-bond donors (Lipinski definition) is 2. The first kappa shape index (κ1) is 10.4. The van der Waals surface area contributed by atoms with Crippen molar-refractivity contribution in [3.05, 3.63) is 47.0 Å². The molecule has 2 aromatic rings. The lowest BCUT2D eigenvalue weighted by atomic mass is 9.92. The molecule has 1 aliphatic heterocycles. The summed E-state index contributed by atoms with van der Waals surface area (Å²) >= 11 is 4.22. The van der Waals surface area contributed by atoms with Gasteiger partial charge in [-0.25, -0.2) is 0 Å². The molecule has 0 aromatic heterocycles. The van der Waals surface area contributed by atoms with Gasteiger partial charge < -0.3 is 0 Å². The maximum atomic E-state index is 11.9. The molecule has 0 unspecified atom stereocenters. The Morgan fingerprint density at radius 2 is 1.88 bits per heavy atom. The number of carbonyl (C=O) groups is 2. The van der Waals surface area contributed by atoms with Crippen LogP contribution in [0, 0.1) is 0 Å². The summed E-state index contributed by atoms with van der Waals surface area (Å²) in [4.78, 5) is 23.6. The van der Waals surface area contributed by atoms with Crippen molar-refractivity contribution in [2.45, 2.75) is 5.75 Å². The minimum atomic E-state index is -0.330. The second-order valence-electron chi connectivity index (χ2n) is 3.94. The molecular formula is C13H9NO2S. The van der Waals surface area contributed by atoms with Crippen molar-refractivity contribution in [3.8, 4) is 0 Å². The number of rotatable bonds is 1. The van der Waals surface area contributed by atoms with Crippen molar-refractivity contribution in [2.24, 2.45) is 0 Å². The third-order valence-corrected chi connectivity index (χ3v) is 3.34. The van der Waals surface area contributed by atoms with Crippen LogP contribution >= 0.6 is 12.6 Å². The minimum Gasteiger partial charge on any atom is -0.288 e. The van der Waals surface area contributed by atoms with Crippen molar-refractivity contribution < 1.29 is 9.59 Å². The summed E-state index contributed by atoms with van der Waals surface area (Å²) in [6.07, 6.45) is 0. The van der Waals surface area contributed by atoms with Gasteiger partial charge in [-0.05, 0) is 17.0 Å². The highest BCUT2D eigenvalue weighted by Gasteiger charge is 2.26. The first-order chi connectivity index (χ1) is 8.22. The number of thiol groups is 1. The lowest BCUT2D eigenvalue weighted by Crippen LogP contribution is -2.35. The Hall–Kier alpha value is -1.81. The monoisotopic (exact) mass is 243 g/mol. The number of benzene rings is 2. The van der Waals surface area contributed by atoms with E-state index in [4.69, 9.17) is 0 Å². The summed E-state index contributed by atoms with van der Waals surface area (Å²) in [5.41, 5.74) is 1.98. The normalized spacial score (nSPS) is 13.9. The first-order valence-electron chi connectivity index (χ1n) is 5.23. The zero-order chi connectivity index (χ0) is 12.0. The molecule has 1 heterocycles. The van der Waals surface area contributed by atoms with Gasteiger partial charge in [0, 0.05) is 16.7 Å². The summed E-state index contributed by atoms with van der Waals surface area (Å²) in [6.45, 7) is 0. The van der Waals surface area contributed by atoms with Crippen molar-refractivity contribution >= 4 is 35.2 Å².